The van der Waals surface area contributed by atoms with Crippen LogP contribution in [0.3, 0.4) is 0 Å². The number of furan rings is 1. The van der Waals surface area contributed by atoms with Crippen LogP contribution in [-0.4, -0.2) is 23.8 Å². The summed E-state index contributed by atoms with van der Waals surface area (Å²) in [5.41, 5.74) is 0.116. The molecule has 2 amide bonds. The third kappa shape index (κ3) is 3.44. The van der Waals surface area contributed by atoms with Crippen molar-refractivity contribution in [2.45, 2.75) is 6.18 Å². The van der Waals surface area contributed by atoms with E-state index in [1.165, 1.54) is 18.4 Å². The standard InChI is InChI=1S/C16H10F3N3O3/c17-16(18,19)15(24)20-13-12(9-11-7-4-8-25-11)14(23)22(21-13)10-5-2-1-3-6-10/h1-9H,(H,20,21,24)/b12-9+. The molecule has 6 nitrogen and oxygen atoms in total. The smallest absolute Gasteiger partial charge is 0.465 e. The van der Waals surface area contributed by atoms with Gasteiger partial charge in [-0.1, -0.05) is 18.2 Å². The molecule has 0 unspecified atom stereocenters. The minimum Gasteiger partial charge on any atom is -0.465 e. The molecule has 25 heavy (non-hydrogen) atoms. The molecule has 0 spiro atoms. The Morgan fingerprint density at radius 1 is 1.16 bits per heavy atom. The molecule has 9 heteroatoms. The summed E-state index contributed by atoms with van der Waals surface area (Å²) in [4.78, 5) is 23.8. The number of anilines is 1. The van der Waals surface area contributed by atoms with Crippen molar-refractivity contribution in [1.82, 2.24) is 5.32 Å². The Morgan fingerprint density at radius 2 is 1.88 bits per heavy atom. The molecule has 1 aromatic carbocycles. The predicted molar refractivity (Wildman–Crippen MR) is 82.2 cm³/mol. The summed E-state index contributed by atoms with van der Waals surface area (Å²) >= 11 is 0. The Balaban J connectivity index is 1.99. The zero-order chi connectivity index (χ0) is 18.0. The number of hydrogen-bond donors (Lipinski definition) is 1. The first-order valence-electron chi connectivity index (χ1n) is 6.98. The minimum absolute atomic E-state index is 0.226. The summed E-state index contributed by atoms with van der Waals surface area (Å²) in [7, 11) is 0. The zero-order valence-electron chi connectivity index (χ0n) is 12.4. The van der Waals surface area contributed by atoms with Crippen LogP contribution in [0.4, 0.5) is 18.9 Å². The normalized spacial score (nSPS) is 16.3. The lowest BCUT2D eigenvalue weighted by Gasteiger charge is -2.10. The lowest BCUT2D eigenvalue weighted by atomic mass is 10.2. The number of hydrazone groups is 1. The second kappa shape index (κ2) is 6.27. The van der Waals surface area contributed by atoms with Crippen LogP contribution in [-0.2, 0) is 9.59 Å². The van der Waals surface area contributed by atoms with Crippen LogP contribution in [0.1, 0.15) is 5.76 Å². The van der Waals surface area contributed by atoms with Gasteiger partial charge in [-0.05, 0) is 30.3 Å². The minimum atomic E-state index is -5.11. The molecule has 0 aliphatic carbocycles. The van der Waals surface area contributed by atoms with Gasteiger partial charge in [0.05, 0.1) is 17.5 Å². The summed E-state index contributed by atoms with van der Waals surface area (Å²) in [6, 6.07) is 11.2. The zero-order valence-corrected chi connectivity index (χ0v) is 12.4. The lowest BCUT2D eigenvalue weighted by Crippen LogP contribution is -2.41. The number of carbonyl (C=O) groups excluding carboxylic acids is 2. The second-order valence-corrected chi connectivity index (χ2v) is 4.93. The van der Waals surface area contributed by atoms with E-state index in [4.69, 9.17) is 4.42 Å². The SMILES string of the molecule is O=C1/C(=C/c2ccco2)C(NC(=O)C(F)(F)F)=NN1c1ccccc1. The maximum absolute atomic E-state index is 12.5. The lowest BCUT2D eigenvalue weighted by molar-refractivity contribution is -0.171. The van der Waals surface area contributed by atoms with Gasteiger partial charge in [0.1, 0.15) is 5.76 Å². The van der Waals surface area contributed by atoms with Crippen LogP contribution in [0.15, 0.2) is 63.8 Å². The first-order valence-corrected chi connectivity index (χ1v) is 6.98. The fraction of sp³-hybridized carbons (Fsp3) is 0.0625. The number of nitrogens with zero attached hydrogens (tertiary/aromatic N) is 2. The fourth-order valence-corrected chi connectivity index (χ4v) is 2.08. The van der Waals surface area contributed by atoms with Crippen molar-refractivity contribution in [3.05, 3.63) is 60.1 Å². The van der Waals surface area contributed by atoms with Gasteiger partial charge in [-0.25, -0.2) is 0 Å². The molecule has 1 aromatic heterocycles. The number of para-hydroxylation sites is 1. The molecule has 0 saturated heterocycles. The summed E-state index contributed by atoms with van der Waals surface area (Å²) in [5, 5.41) is 6.34. The molecule has 1 aliphatic heterocycles. The highest BCUT2D eigenvalue weighted by Gasteiger charge is 2.42. The molecule has 2 heterocycles. The highest BCUT2D eigenvalue weighted by atomic mass is 19.4. The summed E-state index contributed by atoms with van der Waals surface area (Å²) in [5.74, 6) is -3.20. The number of hydrogen-bond acceptors (Lipinski definition) is 4. The largest absolute Gasteiger partial charge is 0.471 e. The number of nitrogens with one attached hydrogen (secondary N) is 1. The number of amides is 2. The van der Waals surface area contributed by atoms with Gasteiger partial charge in [0.2, 0.25) is 0 Å². The third-order valence-electron chi connectivity index (χ3n) is 3.20. The van der Waals surface area contributed by atoms with Crippen molar-refractivity contribution in [2.75, 3.05) is 5.01 Å². The van der Waals surface area contributed by atoms with E-state index < -0.39 is 23.8 Å². The maximum Gasteiger partial charge on any atom is 0.471 e. The number of halogens is 3. The van der Waals surface area contributed by atoms with E-state index in [0.29, 0.717) is 5.69 Å². The third-order valence-corrected chi connectivity index (χ3v) is 3.20. The van der Waals surface area contributed by atoms with Crippen LogP contribution in [0.5, 0.6) is 0 Å². The molecule has 0 radical (unpaired) electrons. The number of rotatable bonds is 2. The number of carbonyl (C=O) groups is 2. The number of amidine groups is 1. The predicted octanol–water partition coefficient (Wildman–Crippen LogP) is 2.70. The number of alkyl halides is 3. The molecular weight excluding hydrogens is 339 g/mol. The molecule has 2 aromatic rings. The van der Waals surface area contributed by atoms with Crippen molar-refractivity contribution < 1.29 is 27.2 Å². The van der Waals surface area contributed by atoms with Crippen molar-refractivity contribution in [1.29, 1.82) is 0 Å². The van der Waals surface area contributed by atoms with Gasteiger partial charge in [0.15, 0.2) is 5.84 Å². The summed E-state index contributed by atoms with van der Waals surface area (Å²) in [6.45, 7) is 0. The van der Waals surface area contributed by atoms with Crippen LogP contribution in [0.25, 0.3) is 6.08 Å². The van der Waals surface area contributed by atoms with Crippen molar-refractivity contribution in [3.8, 4) is 0 Å². The van der Waals surface area contributed by atoms with Crippen LogP contribution >= 0.6 is 0 Å². The van der Waals surface area contributed by atoms with Gasteiger partial charge >= 0.3 is 12.1 Å². The van der Waals surface area contributed by atoms with E-state index in [0.717, 1.165) is 5.01 Å². The van der Waals surface area contributed by atoms with Crippen molar-refractivity contribution >= 4 is 29.4 Å². The fourth-order valence-electron chi connectivity index (χ4n) is 2.08. The van der Waals surface area contributed by atoms with Gasteiger partial charge in [-0.2, -0.15) is 18.2 Å². The average molecular weight is 349 g/mol. The Labute approximate surface area is 139 Å². The molecule has 0 fully saturated rings. The van der Waals surface area contributed by atoms with Crippen LogP contribution < -0.4 is 10.3 Å². The first-order chi connectivity index (χ1) is 11.9. The monoisotopic (exact) mass is 349 g/mol. The first kappa shape index (κ1) is 16.5. The van der Waals surface area contributed by atoms with E-state index in [-0.39, 0.29) is 11.3 Å². The van der Waals surface area contributed by atoms with Crippen molar-refractivity contribution in [2.24, 2.45) is 5.10 Å². The molecule has 128 valence electrons. The maximum atomic E-state index is 12.5. The molecule has 1 N–H and O–H groups in total. The topological polar surface area (TPSA) is 74.9 Å². The van der Waals surface area contributed by atoms with Gasteiger partial charge in [0.25, 0.3) is 5.91 Å². The second-order valence-electron chi connectivity index (χ2n) is 4.93. The summed E-state index contributed by atoms with van der Waals surface area (Å²) < 4.78 is 42.6. The Kier molecular flexibility index (Phi) is 4.14. The Bertz CT molecular complexity index is 856. The van der Waals surface area contributed by atoms with Gasteiger partial charge in [0, 0.05) is 0 Å². The quantitative estimate of drug-likeness (QED) is 0.847. The van der Waals surface area contributed by atoms with E-state index in [1.54, 1.807) is 41.7 Å². The van der Waals surface area contributed by atoms with Crippen molar-refractivity contribution in [3.63, 3.8) is 0 Å². The summed E-state index contributed by atoms with van der Waals surface area (Å²) in [6.07, 6.45) is -2.56. The molecule has 3 rings (SSSR count). The Hall–Kier alpha value is -3.36. The molecule has 0 atom stereocenters. The number of benzene rings is 1. The molecular formula is C16H10F3N3O3. The molecule has 0 bridgehead atoms. The van der Waals surface area contributed by atoms with Crippen LogP contribution in [0, 0.1) is 0 Å². The van der Waals surface area contributed by atoms with E-state index in [1.807, 2.05) is 0 Å². The molecule has 0 saturated carbocycles. The van der Waals surface area contributed by atoms with Gasteiger partial charge in [-0.3, -0.25) is 9.59 Å². The van der Waals surface area contributed by atoms with E-state index in [2.05, 4.69) is 5.10 Å². The highest BCUT2D eigenvalue weighted by Crippen LogP contribution is 2.25. The van der Waals surface area contributed by atoms with Crippen LogP contribution in [0.2, 0.25) is 0 Å². The Morgan fingerprint density at radius 3 is 2.48 bits per heavy atom. The highest BCUT2D eigenvalue weighted by molar-refractivity contribution is 6.34. The molecule has 1 aliphatic rings. The van der Waals surface area contributed by atoms with Gasteiger partial charge in [-0.15, -0.1) is 5.10 Å². The van der Waals surface area contributed by atoms with E-state index >= 15 is 0 Å². The van der Waals surface area contributed by atoms with E-state index in [9.17, 15) is 22.8 Å². The van der Waals surface area contributed by atoms with Gasteiger partial charge < -0.3 is 9.73 Å². The average Bonchev–Trinajstić information content (AvgIpc) is 3.18.